The van der Waals surface area contributed by atoms with Gasteiger partial charge in [-0.05, 0) is 55.8 Å². The number of hydrogen-bond acceptors (Lipinski definition) is 2. The van der Waals surface area contributed by atoms with E-state index in [-0.39, 0.29) is 0 Å². The van der Waals surface area contributed by atoms with E-state index in [1.165, 1.54) is 17.5 Å². The maximum Gasteiger partial charge on any atom is 0.122 e. The first-order valence-corrected chi connectivity index (χ1v) is 7.31. The van der Waals surface area contributed by atoms with Gasteiger partial charge >= 0.3 is 0 Å². The molecule has 0 bridgehead atoms. The monoisotopic (exact) mass is 259 g/mol. The summed E-state index contributed by atoms with van der Waals surface area (Å²) in [4.78, 5) is 0. The first-order valence-electron chi connectivity index (χ1n) is 7.31. The molecule has 0 aromatic heterocycles. The van der Waals surface area contributed by atoms with E-state index in [0.717, 1.165) is 25.1 Å². The fourth-order valence-electron chi connectivity index (χ4n) is 3.00. The Bertz CT molecular complexity index is 439. The molecule has 0 fully saturated rings. The van der Waals surface area contributed by atoms with Crippen LogP contribution in [0.15, 0.2) is 30.4 Å². The largest absolute Gasteiger partial charge is 0.496 e. The van der Waals surface area contributed by atoms with E-state index in [1.54, 1.807) is 7.11 Å². The molecule has 2 rings (SSSR count). The van der Waals surface area contributed by atoms with Crippen molar-refractivity contribution >= 4 is 0 Å². The van der Waals surface area contributed by atoms with E-state index < -0.39 is 0 Å². The summed E-state index contributed by atoms with van der Waals surface area (Å²) in [6.07, 6.45) is 7.87. The number of nitrogens with one attached hydrogen (secondary N) is 1. The van der Waals surface area contributed by atoms with Crippen LogP contribution in [0.25, 0.3) is 0 Å². The number of fused-ring (bicyclic) bond motifs is 1. The molecule has 19 heavy (non-hydrogen) atoms. The van der Waals surface area contributed by atoms with E-state index in [1.807, 2.05) is 0 Å². The Morgan fingerprint density at radius 3 is 2.89 bits per heavy atom. The Labute approximate surface area is 116 Å². The highest BCUT2D eigenvalue weighted by Crippen LogP contribution is 2.32. The van der Waals surface area contributed by atoms with Crippen LogP contribution in [-0.2, 0) is 12.8 Å². The van der Waals surface area contributed by atoms with E-state index in [9.17, 15) is 0 Å². The van der Waals surface area contributed by atoms with Gasteiger partial charge in [-0.2, -0.15) is 0 Å². The molecule has 0 saturated carbocycles. The number of benzene rings is 1. The third kappa shape index (κ3) is 3.19. The number of rotatable bonds is 5. The summed E-state index contributed by atoms with van der Waals surface area (Å²) in [5.41, 5.74) is 2.83. The molecule has 0 unspecified atom stereocenters. The molecule has 0 saturated heterocycles. The SMILES string of the molecule is CC=C[C@@H]1Cc2cccc(OC)c2C[C@H]1NCCC. The Balaban J connectivity index is 2.25. The Morgan fingerprint density at radius 2 is 2.21 bits per heavy atom. The predicted octanol–water partition coefficient (Wildman–Crippen LogP) is 3.35. The molecule has 0 heterocycles. The van der Waals surface area contributed by atoms with Gasteiger partial charge in [0.25, 0.3) is 0 Å². The summed E-state index contributed by atoms with van der Waals surface area (Å²) >= 11 is 0. The lowest BCUT2D eigenvalue weighted by Gasteiger charge is -2.33. The lowest BCUT2D eigenvalue weighted by atomic mass is 9.79. The van der Waals surface area contributed by atoms with Gasteiger partial charge in [0.2, 0.25) is 0 Å². The minimum absolute atomic E-state index is 0.528. The number of hydrogen-bond donors (Lipinski definition) is 1. The second-order valence-electron chi connectivity index (χ2n) is 5.26. The average molecular weight is 259 g/mol. The standard InChI is InChI=1S/C17H25NO/c1-4-7-14-11-13-8-6-9-17(19-3)15(13)12-16(14)18-10-5-2/h4,6-9,14,16,18H,5,10-12H2,1-3H3/t14-,16-/m1/s1. The first kappa shape index (κ1) is 14.1. The van der Waals surface area contributed by atoms with Gasteiger partial charge in [-0.1, -0.05) is 31.2 Å². The molecule has 0 spiro atoms. The number of allylic oxidation sites excluding steroid dienone is 1. The van der Waals surface area contributed by atoms with Crippen molar-refractivity contribution in [2.75, 3.05) is 13.7 Å². The first-order chi connectivity index (χ1) is 9.30. The van der Waals surface area contributed by atoms with Gasteiger partial charge in [-0.15, -0.1) is 0 Å². The molecule has 0 aliphatic heterocycles. The van der Waals surface area contributed by atoms with E-state index in [2.05, 4.69) is 49.5 Å². The molecule has 2 nitrogen and oxygen atoms in total. The normalized spacial score (nSPS) is 22.5. The number of ether oxygens (including phenoxy) is 1. The van der Waals surface area contributed by atoms with Crippen LogP contribution in [0.5, 0.6) is 5.75 Å². The van der Waals surface area contributed by atoms with Crippen molar-refractivity contribution in [3.05, 3.63) is 41.5 Å². The molecule has 1 aliphatic carbocycles. The quantitative estimate of drug-likeness (QED) is 0.819. The highest BCUT2D eigenvalue weighted by Gasteiger charge is 2.27. The minimum Gasteiger partial charge on any atom is -0.496 e. The lowest BCUT2D eigenvalue weighted by molar-refractivity contribution is 0.363. The van der Waals surface area contributed by atoms with E-state index >= 15 is 0 Å². The van der Waals surface area contributed by atoms with Gasteiger partial charge in [-0.25, -0.2) is 0 Å². The summed E-state index contributed by atoms with van der Waals surface area (Å²) in [5.74, 6) is 1.64. The molecule has 0 amide bonds. The third-order valence-corrected chi connectivity index (χ3v) is 3.94. The molecule has 1 aromatic rings. The van der Waals surface area contributed by atoms with E-state index in [4.69, 9.17) is 4.74 Å². The van der Waals surface area contributed by atoms with Crippen LogP contribution < -0.4 is 10.1 Å². The molecule has 1 aromatic carbocycles. The highest BCUT2D eigenvalue weighted by molar-refractivity contribution is 5.43. The fraction of sp³-hybridized carbons (Fsp3) is 0.529. The molecule has 2 atom stereocenters. The minimum atomic E-state index is 0.528. The Morgan fingerprint density at radius 1 is 1.37 bits per heavy atom. The van der Waals surface area contributed by atoms with Crippen molar-refractivity contribution in [3.63, 3.8) is 0 Å². The Kier molecular flexibility index (Phi) is 5.03. The smallest absolute Gasteiger partial charge is 0.122 e. The van der Waals surface area contributed by atoms with Crippen molar-refractivity contribution < 1.29 is 4.74 Å². The molecular weight excluding hydrogens is 234 g/mol. The van der Waals surface area contributed by atoms with Gasteiger partial charge < -0.3 is 10.1 Å². The van der Waals surface area contributed by atoms with Crippen molar-refractivity contribution in [1.82, 2.24) is 5.32 Å². The van der Waals surface area contributed by atoms with Gasteiger partial charge in [0, 0.05) is 6.04 Å². The fourth-order valence-corrected chi connectivity index (χ4v) is 3.00. The molecule has 1 N–H and O–H groups in total. The predicted molar refractivity (Wildman–Crippen MR) is 80.8 cm³/mol. The van der Waals surface area contributed by atoms with Crippen LogP contribution in [0, 0.1) is 5.92 Å². The van der Waals surface area contributed by atoms with Crippen molar-refractivity contribution in [2.24, 2.45) is 5.92 Å². The van der Waals surface area contributed by atoms with Crippen LogP contribution in [0.4, 0.5) is 0 Å². The second-order valence-corrected chi connectivity index (χ2v) is 5.26. The summed E-state index contributed by atoms with van der Waals surface area (Å²) in [7, 11) is 1.77. The third-order valence-electron chi connectivity index (χ3n) is 3.94. The summed E-state index contributed by atoms with van der Waals surface area (Å²) in [6, 6.07) is 6.94. The topological polar surface area (TPSA) is 21.3 Å². The Hall–Kier alpha value is -1.28. The molecule has 104 valence electrons. The van der Waals surface area contributed by atoms with Gasteiger partial charge in [0.1, 0.15) is 5.75 Å². The summed E-state index contributed by atoms with van der Waals surface area (Å²) in [6.45, 7) is 5.41. The van der Waals surface area contributed by atoms with Crippen LogP contribution in [0.3, 0.4) is 0 Å². The summed E-state index contributed by atoms with van der Waals surface area (Å²) < 4.78 is 5.51. The van der Waals surface area contributed by atoms with Gasteiger partial charge in [0.05, 0.1) is 7.11 Å². The molecule has 0 radical (unpaired) electrons. The zero-order valence-electron chi connectivity index (χ0n) is 12.3. The van der Waals surface area contributed by atoms with Crippen molar-refractivity contribution in [3.8, 4) is 5.75 Å². The second kappa shape index (κ2) is 6.76. The maximum atomic E-state index is 5.51. The molecular formula is C17H25NO. The summed E-state index contributed by atoms with van der Waals surface area (Å²) in [5, 5.41) is 3.69. The maximum absolute atomic E-state index is 5.51. The van der Waals surface area contributed by atoms with Gasteiger partial charge in [-0.3, -0.25) is 0 Å². The van der Waals surface area contributed by atoms with E-state index in [0.29, 0.717) is 12.0 Å². The van der Waals surface area contributed by atoms with Crippen LogP contribution in [0.1, 0.15) is 31.4 Å². The molecule has 1 aliphatic rings. The van der Waals surface area contributed by atoms with Crippen molar-refractivity contribution in [1.29, 1.82) is 0 Å². The van der Waals surface area contributed by atoms with Gasteiger partial charge in [0.15, 0.2) is 0 Å². The van der Waals surface area contributed by atoms with Crippen molar-refractivity contribution in [2.45, 2.75) is 39.2 Å². The lowest BCUT2D eigenvalue weighted by Crippen LogP contribution is -2.41. The highest BCUT2D eigenvalue weighted by atomic mass is 16.5. The van der Waals surface area contributed by atoms with Crippen LogP contribution >= 0.6 is 0 Å². The zero-order valence-corrected chi connectivity index (χ0v) is 12.3. The van der Waals surface area contributed by atoms with Crippen LogP contribution in [0.2, 0.25) is 0 Å². The average Bonchev–Trinajstić information content (AvgIpc) is 2.44. The number of methoxy groups -OCH3 is 1. The molecule has 2 heteroatoms. The van der Waals surface area contributed by atoms with Crippen LogP contribution in [-0.4, -0.2) is 19.7 Å². The zero-order chi connectivity index (χ0) is 13.7.